The Kier molecular flexibility index (Phi) is 9.93. The molecule has 3 aromatic carbocycles. The molecule has 220 valence electrons. The maximum Gasteiger partial charge on any atom is 0.303 e. The van der Waals surface area contributed by atoms with Crippen LogP contribution >= 0.6 is 11.6 Å². The van der Waals surface area contributed by atoms with Crippen molar-refractivity contribution in [1.29, 1.82) is 0 Å². The fraction of sp³-hybridized carbons (Fsp3) is 0.406. The summed E-state index contributed by atoms with van der Waals surface area (Å²) in [5.74, 6) is -0.354. The number of hydrogen-bond donors (Lipinski definition) is 3. The molecule has 0 spiro atoms. The average Bonchev–Trinajstić information content (AvgIpc) is 3.32. The lowest BCUT2D eigenvalue weighted by Crippen LogP contribution is -2.47. The molecule has 0 bridgehead atoms. The van der Waals surface area contributed by atoms with Crippen molar-refractivity contribution >= 4 is 27.6 Å². The molecule has 41 heavy (non-hydrogen) atoms. The average molecular weight is 599 g/mol. The van der Waals surface area contributed by atoms with E-state index < -0.39 is 22.1 Å². The number of carbonyl (C=O) groups is 1. The molecule has 0 radical (unpaired) electrons. The van der Waals surface area contributed by atoms with E-state index in [0.717, 1.165) is 34.7 Å². The van der Waals surface area contributed by atoms with Crippen molar-refractivity contribution in [2.45, 2.75) is 62.5 Å². The molecular formula is C32H39ClN2O5S. The van der Waals surface area contributed by atoms with Gasteiger partial charge >= 0.3 is 5.97 Å². The van der Waals surface area contributed by atoms with Gasteiger partial charge in [0.05, 0.1) is 11.1 Å². The van der Waals surface area contributed by atoms with E-state index in [-0.39, 0.29) is 35.0 Å². The molecule has 3 N–H and O–H groups in total. The van der Waals surface area contributed by atoms with Gasteiger partial charge in [-0.25, -0.2) is 8.42 Å². The predicted octanol–water partition coefficient (Wildman–Crippen LogP) is 5.18. The normalized spacial score (nSPS) is 14.8. The molecule has 4 rings (SSSR count). The summed E-state index contributed by atoms with van der Waals surface area (Å²) in [4.78, 5) is 11.0. The first-order chi connectivity index (χ1) is 19.4. The minimum atomic E-state index is -3.96. The van der Waals surface area contributed by atoms with E-state index in [1.54, 1.807) is 12.1 Å². The third kappa shape index (κ3) is 7.96. The topological polar surface area (TPSA) is 107 Å². The molecule has 0 unspecified atom stereocenters. The maximum absolute atomic E-state index is 13.4. The Morgan fingerprint density at radius 3 is 2.34 bits per heavy atom. The molecule has 0 fully saturated rings. The quantitative estimate of drug-likeness (QED) is 0.250. The number of aliphatic hydroxyl groups excluding tert-OH is 1. The number of fused-ring (bicyclic) bond motifs is 1. The molecule has 0 saturated carbocycles. The molecule has 1 aliphatic rings. The molecular weight excluding hydrogens is 560 g/mol. The molecule has 0 aromatic heterocycles. The second-order valence-corrected chi connectivity index (χ2v) is 14.1. The smallest absolute Gasteiger partial charge is 0.303 e. The summed E-state index contributed by atoms with van der Waals surface area (Å²) in [6.45, 7) is 4.40. The standard InChI is InChI=1S/C32H39ClN2O5S/c1-32(2,19-22-16-24-9-4-5-10-25(24)17-22)34-20-27(36)21-35(3)41(39,40)30-14-12-26(18-29(30)33)28-11-7-6-8-23(28)13-15-31(37)38/h4-12,14,18,22,27,34,36H,13,15-17,19-21H2,1-3H3,(H,37,38)/t27-/m1/s1. The number of aliphatic hydroxyl groups is 1. The minimum Gasteiger partial charge on any atom is -0.481 e. The molecule has 1 aliphatic carbocycles. The summed E-state index contributed by atoms with van der Waals surface area (Å²) in [5.41, 5.74) is 4.96. The first kappa shape index (κ1) is 31.2. The number of benzene rings is 3. The number of likely N-dealkylation sites (N-methyl/N-ethyl adjacent to an activating group) is 1. The van der Waals surface area contributed by atoms with Gasteiger partial charge in [-0.05, 0) is 85.4 Å². The molecule has 0 saturated heterocycles. The monoisotopic (exact) mass is 598 g/mol. The highest BCUT2D eigenvalue weighted by Crippen LogP contribution is 2.33. The fourth-order valence-electron chi connectivity index (χ4n) is 5.75. The Labute approximate surface area is 248 Å². The summed E-state index contributed by atoms with van der Waals surface area (Å²) in [6.07, 6.45) is 2.49. The summed E-state index contributed by atoms with van der Waals surface area (Å²) >= 11 is 6.49. The van der Waals surface area contributed by atoms with E-state index in [9.17, 15) is 18.3 Å². The van der Waals surface area contributed by atoms with Gasteiger partial charge in [0.15, 0.2) is 0 Å². The van der Waals surface area contributed by atoms with Gasteiger partial charge in [-0.2, -0.15) is 4.31 Å². The van der Waals surface area contributed by atoms with E-state index in [0.29, 0.717) is 17.9 Å². The molecule has 7 nitrogen and oxygen atoms in total. The highest BCUT2D eigenvalue weighted by Gasteiger charge is 2.30. The number of aliphatic carboxylic acids is 1. The number of β-amino-alcohol motifs (C(OH)–C–C–N with tert-alkyl or cyclic N) is 1. The summed E-state index contributed by atoms with van der Waals surface area (Å²) in [6, 6.07) is 20.7. The van der Waals surface area contributed by atoms with Gasteiger partial charge in [0, 0.05) is 32.1 Å². The van der Waals surface area contributed by atoms with Gasteiger partial charge in [0.1, 0.15) is 4.90 Å². The number of nitrogens with zero attached hydrogens (tertiary/aromatic N) is 1. The lowest BCUT2D eigenvalue weighted by molar-refractivity contribution is -0.136. The predicted molar refractivity (Wildman–Crippen MR) is 163 cm³/mol. The van der Waals surface area contributed by atoms with Gasteiger partial charge < -0.3 is 15.5 Å². The van der Waals surface area contributed by atoms with Crippen LogP contribution in [0.5, 0.6) is 0 Å². The van der Waals surface area contributed by atoms with Gasteiger partial charge in [0.25, 0.3) is 0 Å². The fourth-order valence-corrected chi connectivity index (χ4v) is 7.47. The van der Waals surface area contributed by atoms with Gasteiger partial charge in [-0.3, -0.25) is 4.79 Å². The third-order valence-corrected chi connectivity index (χ3v) is 10.1. The summed E-state index contributed by atoms with van der Waals surface area (Å²) in [7, 11) is -2.53. The Morgan fingerprint density at radius 2 is 1.71 bits per heavy atom. The number of sulfonamides is 1. The van der Waals surface area contributed by atoms with Crippen molar-refractivity contribution in [3.8, 4) is 11.1 Å². The number of rotatable bonds is 13. The summed E-state index contributed by atoms with van der Waals surface area (Å²) < 4.78 is 27.9. The van der Waals surface area contributed by atoms with Crippen LogP contribution in [0, 0.1) is 5.92 Å². The van der Waals surface area contributed by atoms with Crippen molar-refractivity contribution in [3.05, 3.63) is 88.4 Å². The van der Waals surface area contributed by atoms with Gasteiger partial charge in [-0.15, -0.1) is 0 Å². The second kappa shape index (κ2) is 13.0. The maximum atomic E-state index is 13.4. The zero-order valence-corrected chi connectivity index (χ0v) is 25.4. The Hall–Kier alpha value is -2.75. The number of halogens is 1. The van der Waals surface area contributed by atoms with Crippen molar-refractivity contribution in [2.24, 2.45) is 5.92 Å². The summed E-state index contributed by atoms with van der Waals surface area (Å²) in [5, 5.41) is 23.3. The van der Waals surface area contributed by atoms with Crippen molar-refractivity contribution in [2.75, 3.05) is 20.1 Å². The molecule has 9 heteroatoms. The Bertz CT molecular complexity index is 1470. The number of nitrogens with one attached hydrogen (secondary N) is 1. The SMILES string of the molecule is CN(C[C@H](O)CNC(C)(C)CC1Cc2ccccc2C1)S(=O)(=O)c1ccc(-c2ccccc2CCC(=O)O)cc1Cl. The first-order valence-electron chi connectivity index (χ1n) is 13.9. The van der Waals surface area contributed by atoms with Crippen LogP contribution in [0.3, 0.4) is 0 Å². The second-order valence-electron chi connectivity index (χ2n) is 11.6. The molecule has 0 aliphatic heterocycles. The van der Waals surface area contributed by atoms with Crippen molar-refractivity contribution in [1.82, 2.24) is 9.62 Å². The van der Waals surface area contributed by atoms with Crippen LogP contribution in [0.25, 0.3) is 11.1 Å². The van der Waals surface area contributed by atoms with Crippen LogP contribution in [0.4, 0.5) is 0 Å². The Balaban J connectivity index is 1.36. The van der Waals surface area contributed by atoms with Crippen LogP contribution in [-0.4, -0.2) is 60.7 Å². The number of aryl methyl sites for hydroxylation is 1. The molecule has 0 amide bonds. The van der Waals surface area contributed by atoms with Crippen LogP contribution in [0.1, 0.15) is 43.4 Å². The van der Waals surface area contributed by atoms with Crippen LogP contribution in [0.15, 0.2) is 71.6 Å². The highest BCUT2D eigenvalue weighted by molar-refractivity contribution is 7.89. The van der Waals surface area contributed by atoms with Crippen molar-refractivity contribution < 1.29 is 23.4 Å². The van der Waals surface area contributed by atoms with E-state index in [1.807, 2.05) is 24.3 Å². The highest BCUT2D eigenvalue weighted by atomic mass is 35.5. The minimum absolute atomic E-state index is 0.00872. The Morgan fingerprint density at radius 1 is 1.07 bits per heavy atom. The van der Waals surface area contributed by atoms with Gasteiger partial charge in [0.2, 0.25) is 10.0 Å². The zero-order valence-electron chi connectivity index (χ0n) is 23.8. The number of carboxylic acid groups (broad SMARTS) is 1. The number of carboxylic acids is 1. The first-order valence-corrected chi connectivity index (χ1v) is 15.7. The lowest BCUT2D eigenvalue weighted by Gasteiger charge is -2.31. The van der Waals surface area contributed by atoms with E-state index >= 15 is 0 Å². The van der Waals surface area contributed by atoms with Crippen LogP contribution < -0.4 is 5.32 Å². The largest absolute Gasteiger partial charge is 0.481 e. The van der Waals surface area contributed by atoms with E-state index in [4.69, 9.17) is 16.7 Å². The lowest BCUT2D eigenvalue weighted by atomic mass is 9.88. The molecule has 1 atom stereocenters. The van der Waals surface area contributed by atoms with Crippen LogP contribution in [0.2, 0.25) is 5.02 Å². The van der Waals surface area contributed by atoms with E-state index in [1.165, 1.54) is 24.2 Å². The van der Waals surface area contributed by atoms with Crippen molar-refractivity contribution in [3.63, 3.8) is 0 Å². The van der Waals surface area contributed by atoms with E-state index in [2.05, 4.69) is 43.4 Å². The molecule has 3 aromatic rings. The van der Waals surface area contributed by atoms with Crippen LogP contribution in [-0.2, 0) is 34.1 Å². The zero-order chi connectivity index (χ0) is 29.8. The van der Waals surface area contributed by atoms with Gasteiger partial charge in [-0.1, -0.05) is 66.2 Å². The molecule has 0 heterocycles. The number of hydrogen-bond acceptors (Lipinski definition) is 5. The third-order valence-electron chi connectivity index (χ3n) is 7.78.